The highest BCUT2D eigenvalue weighted by Crippen LogP contribution is 2.32. The van der Waals surface area contributed by atoms with Crippen LogP contribution in [0.2, 0.25) is 0 Å². The van der Waals surface area contributed by atoms with Gasteiger partial charge in [-0.05, 0) is 33.6 Å². The highest BCUT2D eigenvalue weighted by atomic mass is 79.9. The molecular weight excluding hydrogens is 310 g/mol. The van der Waals surface area contributed by atoms with Gasteiger partial charge in [0, 0.05) is 24.9 Å². The van der Waals surface area contributed by atoms with Gasteiger partial charge in [-0.25, -0.2) is 4.68 Å². The van der Waals surface area contributed by atoms with Gasteiger partial charge in [-0.2, -0.15) is 5.10 Å². The molecule has 98 valence electrons. The third kappa shape index (κ3) is 2.10. The Morgan fingerprint density at radius 1 is 1.47 bits per heavy atom. The number of nitrogens with two attached hydrogens (primary N) is 1. The number of anilines is 1. The van der Waals surface area contributed by atoms with Gasteiger partial charge in [0.25, 0.3) is 5.91 Å². The molecule has 7 heteroatoms. The van der Waals surface area contributed by atoms with E-state index in [1.807, 2.05) is 12.1 Å². The fourth-order valence-corrected chi connectivity index (χ4v) is 2.87. The molecular formula is C12H12BrN5O. The zero-order valence-corrected chi connectivity index (χ0v) is 11.6. The number of hydrogen-bond donors (Lipinski definition) is 2. The zero-order valence-electron chi connectivity index (χ0n) is 10.0. The number of carbonyl (C=O) groups is 1. The lowest BCUT2D eigenvalue weighted by atomic mass is 9.99. The summed E-state index contributed by atoms with van der Waals surface area (Å²) < 4.78 is 2.41. The van der Waals surface area contributed by atoms with Crippen LogP contribution >= 0.6 is 15.9 Å². The van der Waals surface area contributed by atoms with Crippen LogP contribution in [-0.4, -0.2) is 27.2 Å². The number of halogens is 1. The molecule has 2 aromatic rings. The lowest BCUT2D eigenvalue weighted by Gasteiger charge is -2.25. The third-order valence-corrected chi connectivity index (χ3v) is 3.97. The second-order valence-electron chi connectivity index (χ2n) is 4.42. The van der Waals surface area contributed by atoms with Gasteiger partial charge in [0.1, 0.15) is 5.82 Å². The first kappa shape index (κ1) is 12.2. The number of aromatic nitrogens is 3. The molecule has 0 spiro atoms. The summed E-state index contributed by atoms with van der Waals surface area (Å²) in [6.07, 6.45) is 3.55. The van der Waals surface area contributed by atoms with Crippen molar-refractivity contribution < 1.29 is 4.79 Å². The van der Waals surface area contributed by atoms with Crippen molar-refractivity contribution in [2.75, 3.05) is 11.9 Å². The van der Waals surface area contributed by atoms with E-state index < -0.39 is 5.91 Å². The van der Waals surface area contributed by atoms with Crippen molar-refractivity contribution in [3.05, 3.63) is 40.3 Å². The van der Waals surface area contributed by atoms with Crippen LogP contribution in [0, 0.1) is 0 Å². The molecule has 1 unspecified atom stereocenters. The maximum absolute atomic E-state index is 11.3. The molecule has 0 radical (unpaired) electrons. The SMILES string of the molecule is NC(=O)c1nn2c(c1Br)NCC(c1ccncc1)C2. The Morgan fingerprint density at radius 2 is 2.21 bits per heavy atom. The number of carbonyl (C=O) groups excluding carboxylic acids is 1. The van der Waals surface area contributed by atoms with Gasteiger partial charge in [-0.1, -0.05) is 0 Å². The van der Waals surface area contributed by atoms with Crippen molar-refractivity contribution >= 4 is 27.7 Å². The lowest BCUT2D eigenvalue weighted by molar-refractivity contribution is 0.0994. The van der Waals surface area contributed by atoms with E-state index >= 15 is 0 Å². The van der Waals surface area contributed by atoms with Crippen LogP contribution in [0.1, 0.15) is 22.0 Å². The summed E-state index contributed by atoms with van der Waals surface area (Å²) in [7, 11) is 0. The average Bonchev–Trinajstić information content (AvgIpc) is 2.77. The van der Waals surface area contributed by atoms with Crippen molar-refractivity contribution in [2.45, 2.75) is 12.5 Å². The number of primary amides is 1. The molecule has 1 aliphatic rings. The Hall–Kier alpha value is -1.89. The molecule has 2 aromatic heterocycles. The smallest absolute Gasteiger partial charge is 0.270 e. The zero-order chi connectivity index (χ0) is 13.4. The Labute approximate surface area is 118 Å². The number of nitrogens with zero attached hydrogens (tertiary/aromatic N) is 3. The molecule has 1 aliphatic heterocycles. The van der Waals surface area contributed by atoms with Gasteiger partial charge < -0.3 is 11.1 Å². The van der Waals surface area contributed by atoms with Crippen LogP contribution < -0.4 is 11.1 Å². The maximum Gasteiger partial charge on any atom is 0.270 e. The molecule has 3 rings (SSSR count). The van der Waals surface area contributed by atoms with Crippen LogP contribution in [0.4, 0.5) is 5.82 Å². The van der Waals surface area contributed by atoms with Crippen molar-refractivity contribution in [1.82, 2.24) is 14.8 Å². The molecule has 3 heterocycles. The van der Waals surface area contributed by atoms with Crippen LogP contribution in [0.15, 0.2) is 29.0 Å². The summed E-state index contributed by atoms with van der Waals surface area (Å²) >= 11 is 3.36. The minimum absolute atomic E-state index is 0.262. The normalized spacial score (nSPS) is 17.6. The van der Waals surface area contributed by atoms with Crippen LogP contribution in [0.25, 0.3) is 0 Å². The van der Waals surface area contributed by atoms with E-state index in [9.17, 15) is 4.79 Å². The fourth-order valence-electron chi connectivity index (χ4n) is 2.25. The quantitative estimate of drug-likeness (QED) is 0.874. The van der Waals surface area contributed by atoms with Crippen LogP contribution in [0.3, 0.4) is 0 Å². The highest BCUT2D eigenvalue weighted by molar-refractivity contribution is 9.10. The van der Waals surface area contributed by atoms with Gasteiger partial charge in [0.05, 0.1) is 11.0 Å². The predicted octanol–water partition coefficient (Wildman–Crippen LogP) is 1.35. The summed E-state index contributed by atoms with van der Waals surface area (Å²) in [6.45, 7) is 1.49. The first-order valence-electron chi connectivity index (χ1n) is 5.86. The van der Waals surface area contributed by atoms with Crippen LogP contribution in [0.5, 0.6) is 0 Å². The maximum atomic E-state index is 11.3. The summed E-state index contributed by atoms with van der Waals surface area (Å²) in [5.41, 5.74) is 6.75. The van der Waals surface area contributed by atoms with E-state index in [0.717, 1.165) is 12.4 Å². The standard InChI is InChI=1S/C12H12BrN5O/c13-9-10(11(14)19)17-18-6-8(5-16-12(9)18)7-1-3-15-4-2-7/h1-4,8,16H,5-6H2,(H2,14,19). The lowest BCUT2D eigenvalue weighted by Crippen LogP contribution is -2.26. The Bertz CT molecular complexity index is 625. The van der Waals surface area contributed by atoms with Gasteiger partial charge in [-0.3, -0.25) is 9.78 Å². The number of hydrogen-bond acceptors (Lipinski definition) is 4. The largest absolute Gasteiger partial charge is 0.369 e. The van der Waals surface area contributed by atoms with Gasteiger partial charge in [0.15, 0.2) is 5.69 Å². The molecule has 0 saturated carbocycles. The average molecular weight is 322 g/mol. The van der Waals surface area contributed by atoms with Crippen LogP contribution in [-0.2, 0) is 6.54 Å². The van der Waals surface area contributed by atoms with Gasteiger partial charge in [-0.15, -0.1) is 0 Å². The first-order chi connectivity index (χ1) is 9.16. The van der Waals surface area contributed by atoms with E-state index in [1.165, 1.54) is 5.56 Å². The van der Waals surface area contributed by atoms with E-state index in [1.54, 1.807) is 17.1 Å². The number of pyridine rings is 1. The molecule has 6 nitrogen and oxygen atoms in total. The Kier molecular flexibility index (Phi) is 2.98. The minimum Gasteiger partial charge on any atom is -0.369 e. The number of amides is 1. The second kappa shape index (κ2) is 4.65. The third-order valence-electron chi connectivity index (χ3n) is 3.21. The highest BCUT2D eigenvalue weighted by Gasteiger charge is 2.26. The van der Waals surface area contributed by atoms with Gasteiger partial charge in [0.2, 0.25) is 0 Å². The number of nitrogens with one attached hydrogen (secondary N) is 1. The predicted molar refractivity (Wildman–Crippen MR) is 73.9 cm³/mol. The van der Waals surface area contributed by atoms with Crippen molar-refractivity contribution in [2.24, 2.45) is 5.73 Å². The van der Waals surface area contributed by atoms with Crippen molar-refractivity contribution in [3.63, 3.8) is 0 Å². The summed E-state index contributed by atoms with van der Waals surface area (Å²) in [6, 6.07) is 3.98. The minimum atomic E-state index is -0.531. The first-order valence-corrected chi connectivity index (χ1v) is 6.66. The molecule has 0 bridgehead atoms. The molecule has 19 heavy (non-hydrogen) atoms. The van der Waals surface area contributed by atoms with E-state index in [4.69, 9.17) is 5.73 Å². The van der Waals surface area contributed by atoms with E-state index in [2.05, 4.69) is 31.3 Å². The number of fused-ring (bicyclic) bond motifs is 1. The summed E-state index contributed by atoms with van der Waals surface area (Å²) in [4.78, 5) is 15.3. The van der Waals surface area contributed by atoms with E-state index in [-0.39, 0.29) is 5.69 Å². The molecule has 0 aromatic carbocycles. The topological polar surface area (TPSA) is 85.8 Å². The Morgan fingerprint density at radius 3 is 2.89 bits per heavy atom. The summed E-state index contributed by atoms with van der Waals surface area (Å²) in [5, 5.41) is 7.52. The molecule has 3 N–H and O–H groups in total. The molecule has 1 amide bonds. The van der Waals surface area contributed by atoms with Gasteiger partial charge >= 0.3 is 0 Å². The number of rotatable bonds is 2. The molecule has 0 aliphatic carbocycles. The Balaban J connectivity index is 1.93. The van der Waals surface area contributed by atoms with E-state index in [0.29, 0.717) is 16.9 Å². The second-order valence-corrected chi connectivity index (χ2v) is 5.21. The fraction of sp³-hybridized carbons (Fsp3) is 0.250. The summed E-state index contributed by atoms with van der Waals surface area (Å²) in [5.74, 6) is 0.568. The molecule has 0 fully saturated rings. The van der Waals surface area contributed by atoms with Crippen molar-refractivity contribution in [3.8, 4) is 0 Å². The molecule has 1 atom stereocenters. The monoisotopic (exact) mass is 321 g/mol. The molecule has 0 saturated heterocycles. The van der Waals surface area contributed by atoms with Crippen molar-refractivity contribution in [1.29, 1.82) is 0 Å².